The van der Waals surface area contributed by atoms with Gasteiger partial charge in [-0.1, -0.05) is 71.4 Å². The molecule has 1 aromatic rings. The Balaban J connectivity index is 1.89. The fourth-order valence-electron chi connectivity index (χ4n) is 6.83. The zero-order valence-electron chi connectivity index (χ0n) is 26.7. The number of carbonyl (C=O) groups is 4. The highest BCUT2D eigenvalue weighted by Crippen LogP contribution is 2.56. The smallest absolute Gasteiger partial charge is 0.344 e. The Kier molecular flexibility index (Phi) is 11.8. The Morgan fingerprint density at radius 3 is 2.04 bits per heavy atom. The van der Waals surface area contributed by atoms with Gasteiger partial charge >= 0.3 is 23.9 Å². The molecule has 0 radical (unpaired) electrons. The molecule has 252 valence electrons. The van der Waals surface area contributed by atoms with Gasteiger partial charge in [-0.3, -0.25) is 4.79 Å². The van der Waals surface area contributed by atoms with Crippen LogP contribution in [0.4, 0.5) is 0 Å². The molecule has 2 heterocycles. The molecule has 45 heavy (non-hydrogen) atoms. The van der Waals surface area contributed by atoms with Crippen molar-refractivity contribution in [2.75, 3.05) is 0 Å². The SMILES string of the molecule is CC[C@H](C)C[C@H](C)CCC(=O)O[C@@H]1[C@@H](O)[C@]2(CCC(C)C[C@H](C)Cc3ccccc3)O[C@H](C(=O)O)[C@@](O)(C(=O)O)[C@@]1(C(=O)O)O2. The number of carboxylic acid groups (broad SMARTS) is 3. The lowest BCUT2D eigenvalue weighted by Gasteiger charge is -2.48. The van der Waals surface area contributed by atoms with E-state index in [9.17, 15) is 44.7 Å². The molecular weight excluding hydrogens is 588 g/mol. The molecule has 2 aliphatic rings. The van der Waals surface area contributed by atoms with E-state index < -0.39 is 59.2 Å². The molecular formula is C33H48O12. The van der Waals surface area contributed by atoms with Crippen LogP contribution in [-0.2, 0) is 39.8 Å². The Bertz CT molecular complexity index is 1210. The minimum atomic E-state index is -3.77. The van der Waals surface area contributed by atoms with Crippen LogP contribution in [0.15, 0.2) is 30.3 Å². The van der Waals surface area contributed by atoms with Crippen LogP contribution in [-0.4, -0.2) is 84.7 Å². The van der Waals surface area contributed by atoms with E-state index in [4.69, 9.17) is 14.2 Å². The number of carbonyl (C=O) groups excluding carboxylic acids is 1. The molecule has 2 fully saturated rings. The first-order valence-corrected chi connectivity index (χ1v) is 15.7. The number of fused-ring (bicyclic) bond motifs is 2. The van der Waals surface area contributed by atoms with E-state index in [0.29, 0.717) is 18.8 Å². The Labute approximate surface area is 263 Å². The van der Waals surface area contributed by atoms with Gasteiger partial charge in [-0.15, -0.1) is 0 Å². The highest BCUT2D eigenvalue weighted by molar-refractivity contribution is 5.98. The van der Waals surface area contributed by atoms with Crippen molar-refractivity contribution >= 4 is 23.9 Å². The highest BCUT2D eigenvalue weighted by Gasteiger charge is 2.85. The molecule has 0 aromatic heterocycles. The molecule has 0 amide bonds. The molecule has 3 rings (SSSR count). The first-order chi connectivity index (χ1) is 21.0. The molecule has 10 atom stereocenters. The van der Waals surface area contributed by atoms with E-state index in [1.165, 1.54) is 0 Å². The zero-order valence-corrected chi connectivity index (χ0v) is 26.7. The molecule has 1 unspecified atom stereocenters. The molecule has 5 N–H and O–H groups in total. The number of aliphatic carboxylic acids is 3. The lowest BCUT2D eigenvalue weighted by Crippen LogP contribution is -2.78. The van der Waals surface area contributed by atoms with Crippen LogP contribution in [0.1, 0.15) is 85.1 Å². The van der Waals surface area contributed by atoms with Gasteiger partial charge in [-0.05, 0) is 61.3 Å². The highest BCUT2D eigenvalue weighted by atomic mass is 16.8. The zero-order chi connectivity index (χ0) is 33.7. The minimum Gasteiger partial charge on any atom is -0.479 e. The second kappa shape index (κ2) is 14.6. The quantitative estimate of drug-likeness (QED) is 0.156. The monoisotopic (exact) mass is 636 g/mol. The predicted octanol–water partition coefficient (Wildman–Crippen LogP) is 3.65. The summed E-state index contributed by atoms with van der Waals surface area (Å²) in [6, 6.07) is 9.87. The average molecular weight is 637 g/mol. The van der Waals surface area contributed by atoms with E-state index >= 15 is 0 Å². The van der Waals surface area contributed by atoms with Crippen LogP contribution in [0, 0.1) is 23.7 Å². The Morgan fingerprint density at radius 2 is 1.49 bits per heavy atom. The number of carboxylic acids is 3. The maximum absolute atomic E-state index is 13.0. The van der Waals surface area contributed by atoms with Gasteiger partial charge in [0.15, 0.2) is 6.10 Å². The summed E-state index contributed by atoms with van der Waals surface area (Å²) in [6.07, 6.45) is -3.62. The number of esters is 1. The van der Waals surface area contributed by atoms with Crippen LogP contribution in [0.5, 0.6) is 0 Å². The van der Waals surface area contributed by atoms with Crippen molar-refractivity contribution in [3.05, 3.63) is 35.9 Å². The van der Waals surface area contributed by atoms with Crippen molar-refractivity contribution in [2.24, 2.45) is 23.7 Å². The summed E-state index contributed by atoms with van der Waals surface area (Å²) in [5, 5.41) is 53.3. The lowest BCUT2D eigenvalue weighted by atomic mass is 9.74. The molecule has 0 saturated carbocycles. The number of aliphatic hydroxyl groups is 2. The number of aliphatic hydroxyl groups excluding tert-OH is 1. The molecule has 2 saturated heterocycles. The van der Waals surface area contributed by atoms with Gasteiger partial charge in [0.05, 0.1) is 0 Å². The number of rotatable bonds is 17. The predicted molar refractivity (Wildman–Crippen MR) is 160 cm³/mol. The number of hydrogen-bond acceptors (Lipinski definition) is 9. The number of ether oxygens (including phenoxy) is 3. The van der Waals surface area contributed by atoms with Crippen molar-refractivity contribution in [1.29, 1.82) is 0 Å². The maximum Gasteiger partial charge on any atom is 0.344 e. The maximum atomic E-state index is 13.0. The van der Waals surface area contributed by atoms with Crippen molar-refractivity contribution < 1.29 is 58.9 Å². The molecule has 0 spiro atoms. The second-order valence-electron chi connectivity index (χ2n) is 13.3. The third-order valence-electron chi connectivity index (χ3n) is 9.42. The van der Waals surface area contributed by atoms with Gasteiger partial charge in [0.1, 0.15) is 6.10 Å². The Hall–Kier alpha value is -3.06. The fourth-order valence-corrected chi connectivity index (χ4v) is 6.83. The van der Waals surface area contributed by atoms with E-state index in [2.05, 4.69) is 20.8 Å². The van der Waals surface area contributed by atoms with Crippen molar-refractivity contribution in [3.63, 3.8) is 0 Å². The van der Waals surface area contributed by atoms with Crippen LogP contribution >= 0.6 is 0 Å². The van der Waals surface area contributed by atoms with Gasteiger partial charge in [0, 0.05) is 12.8 Å². The molecule has 12 nitrogen and oxygen atoms in total. The summed E-state index contributed by atoms with van der Waals surface area (Å²) in [4.78, 5) is 50.7. The minimum absolute atomic E-state index is 0.0473. The topological polar surface area (TPSA) is 197 Å². The van der Waals surface area contributed by atoms with Gasteiger partial charge in [0.2, 0.25) is 23.1 Å². The van der Waals surface area contributed by atoms with Gasteiger partial charge < -0.3 is 39.7 Å². The lowest BCUT2D eigenvalue weighted by molar-refractivity contribution is -0.374. The van der Waals surface area contributed by atoms with Gasteiger partial charge in [0.25, 0.3) is 0 Å². The summed E-state index contributed by atoms with van der Waals surface area (Å²) in [7, 11) is 0. The van der Waals surface area contributed by atoms with Gasteiger partial charge in [-0.2, -0.15) is 0 Å². The van der Waals surface area contributed by atoms with Crippen LogP contribution in [0.3, 0.4) is 0 Å². The van der Waals surface area contributed by atoms with Crippen molar-refractivity contribution in [1.82, 2.24) is 0 Å². The fraction of sp³-hybridized carbons (Fsp3) is 0.697. The summed E-state index contributed by atoms with van der Waals surface area (Å²) < 4.78 is 16.7. The number of hydrogen-bond donors (Lipinski definition) is 5. The van der Waals surface area contributed by atoms with Crippen LogP contribution < -0.4 is 0 Å². The average Bonchev–Trinajstić information content (AvgIpc) is 3.19. The van der Waals surface area contributed by atoms with E-state index in [0.717, 1.165) is 24.8 Å². The van der Waals surface area contributed by atoms with Gasteiger partial charge in [-0.25, -0.2) is 14.4 Å². The third-order valence-corrected chi connectivity index (χ3v) is 9.42. The summed E-state index contributed by atoms with van der Waals surface area (Å²) in [6.45, 7) is 10.1. The normalized spacial score (nSPS) is 31.8. The van der Waals surface area contributed by atoms with E-state index in [1.807, 2.05) is 44.2 Å². The molecule has 2 aliphatic heterocycles. The third kappa shape index (κ3) is 7.34. The summed E-state index contributed by atoms with van der Waals surface area (Å²) >= 11 is 0. The summed E-state index contributed by atoms with van der Waals surface area (Å²) in [5.74, 6) is -9.02. The van der Waals surface area contributed by atoms with Crippen LogP contribution in [0.25, 0.3) is 0 Å². The first kappa shape index (κ1) is 36.4. The van der Waals surface area contributed by atoms with Crippen molar-refractivity contribution in [2.45, 2.75) is 121 Å². The summed E-state index contributed by atoms with van der Waals surface area (Å²) in [5.41, 5.74) is -6.00. The number of benzene rings is 1. The van der Waals surface area contributed by atoms with E-state index in [-0.39, 0.29) is 37.0 Å². The molecule has 2 bridgehead atoms. The van der Waals surface area contributed by atoms with E-state index in [1.54, 1.807) is 0 Å². The molecule has 12 heteroatoms. The van der Waals surface area contributed by atoms with Crippen molar-refractivity contribution in [3.8, 4) is 0 Å². The second-order valence-corrected chi connectivity index (χ2v) is 13.3. The first-order valence-electron chi connectivity index (χ1n) is 15.7. The Morgan fingerprint density at radius 1 is 0.889 bits per heavy atom. The standard InChI is InChI=1S/C33H48O12/c1-6-19(2)16-20(3)12-13-24(34)43-26-25(35)31(15-14-21(4)17-22(5)18-23-10-8-7-9-11-23)44-27(28(36)37)32(42,29(38)39)33(26,45-31)30(40)41/h7-11,19-22,25-27,35,42H,6,12-18H2,1-5H3,(H,36,37)(H,38,39)(H,40,41)/t19-,20+,21?,22-,25+,26+,27+,31+,32+,33+/m0/s1. The molecule has 0 aliphatic carbocycles. The van der Waals surface area contributed by atoms with Crippen LogP contribution in [0.2, 0.25) is 0 Å². The largest absolute Gasteiger partial charge is 0.479 e. The molecule has 1 aromatic carbocycles.